The van der Waals surface area contributed by atoms with E-state index in [2.05, 4.69) is 20.5 Å². The minimum absolute atomic E-state index is 0.104. The highest BCUT2D eigenvalue weighted by Gasteiger charge is 2.25. The summed E-state index contributed by atoms with van der Waals surface area (Å²) in [6.07, 6.45) is 2.94. The molecule has 2 aliphatic heterocycles. The van der Waals surface area contributed by atoms with Crippen LogP contribution in [0.5, 0.6) is 0 Å². The van der Waals surface area contributed by atoms with Crippen LogP contribution in [0, 0.1) is 0 Å². The number of piperazine rings is 1. The van der Waals surface area contributed by atoms with E-state index in [1.165, 1.54) is 0 Å². The number of rotatable bonds is 7. The minimum atomic E-state index is -0.454. The number of amides is 2. The zero-order valence-electron chi connectivity index (χ0n) is 19.2. The van der Waals surface area contributed by atoms with E-state index < -0.39 is 5.60 Å². The summed E-state index contributed by atoms with van der Waals surface area (Å²) in [6.45, 7) is 15.2. The van der Waals surface area contributed by atoms with Crippen molar-refractivity contribution in [1.29, 1.82) is 0 Å². The molecule has 2 N–H and O–H groups in total. The molecule has 2 saturated heterocycles. The normalized spacial score (nSPS) is 18.5. The van der Waals surface area contributed by atoms with Gasteiger partial charge in [0, 0.05) is 52.4 Å². The van der Waals surface area contributed by atoms with Crippen molar-refractivity contribution in [2.75, 3.05) is 65.4 Å². The molecule has 2 aliphatic rings. The summed E-state index contributed by atoms with van der Waals surface area (Å²) in [6, 6.07) is 0. The number of carbonyl (C=O) groups excluding carboxylic acids is 2. The summed E-state index contributed by atoms with van der Waals surface area (Å²) < 4.78 is 5.44. The number of carbonyl (C=O) groups is 2. The lowest BCUT2D eigenvalue weighted by Crippen LogP contribution is -2.50. The van der Waals surface area contributed by atoms with Crippen LogP contribution >= 0.6 is 0 Å². The van der Waals surface area contributed by atoms with Crippen LogP contribution in [0.25, 0.3) is 0 Å². The fraction of sp³-hybridized carbons (Fsp3) is 0.857. The van der Waals surface area contributed by atoms with Crippen LogP contribution in [-0.4, -0.2) is 104 Å². The first-order chi connectivity index (χ1) is 14.3. The summed E-state index contributed by atoms with van der Waals surface area (Å²) in [5.41, 5.74) is -0.454. The number of guanidine groups is 1. The molecule has 2 fully saturated rings. The van der Waals surface area contributed by atoms with Crippen LogP contribution < -0.4 is 10.6 Å². The van der Waals surface area contributed by atoms with Gasteiger partial charge in [0.15, 0.2) is 5.96 Å². The third kappa shape index (κ3) is 8.77. The summed E-state index contributed by atoms with van der Waals surface area (Å²) in [5.74, 6) is 0.798. The molecule has 0 aromatic carbocycles. The molecule has 0 unspecified atom stereocenters. The van der Waals surface area contributed by atoms with Gasteiger partial charge in [-0.1, -0.05) is 0 Å². The third-order valence-electron chi connectivity index (χ3n) is 5.14. The number of aliphatic imine (C=N–C) groups is 1. The average molecular weight is 425 g/mol. The van der Waals surface area contributed by atoms with E-state index in [9.17, 15) is 9.59 Å². The molecule has 172 valence electrons. The Kier molecular flexibility index (Phi) is 9.68. The van der Waals surface area contributed by atoms with Gasteiger partial charge >= 0.3 is 6.09 Å². The van der Waals surface area contributed by atoms with E-state index in [1.54, 1.807) is 4.90 Å². The molecule has 0 saturated carbocycles. The Balaban J connectivity index is 1.63. The topological polar surface area (TPSA) is 89.5 Å². The minimum Gasteiger partial charge on any atom is -0.444 e. The van der Waals surface area contributed by atoms with Crippen molar-refractivity contribution >= 4 is 18.0 Å². The van der Waals surface area contributed by atoms with Gasteiger partial charge in [-0.25, -0.2) is 9.79 Å². The van der Waals surface area contributed by atoms with E-state index in [4.69, 9.17) is 4.74 Å². The zero-order valence-corrected chi connectivity index (χ0v) is 19.2. The number of ether oxygens (including phenoxy) is 1. The van der Waals surface area contributed by atoms with Crippen LogP contribution in [-0.2, 0) is 9.53 Å². The Morgan fingerprint density at radius 2 is 1.63 bits per heavy atom. The molecule has 30 heavy (non-hydrogen) atoms. The van der Waals surface area contributed by atoms with E-state index in [0.717, 1.165) is 65.1 Å². The standard InChI is InChI=1S/C21H40N6O3/c1-5-22-19(24-17-18(28)26-11-6-7-12-26)23-9-8-10-25-13-15-27(16-14-25)20(29)30-21(2,3)4/h5-17H2,1-4H3,(H2,22,23,24). The maximum absolute atomic E-state index is 12.2. The molecule has 9 heteroatoms. The van der Waals surface area contributed by atoms with E-state index in [0.29, 0.717) is 19.0 Å². The summed E-state index contributed by atoms with van der Waals surface area (Å²) >= 11 is 0. The highest BCUT2D eigenvalue weighted by atomic mass is 16.6. The van der Waals surface area contributed by atoms with Gasteiger partial charge in [0.2, 0.25) is 5.91 Å². The van der Waals surface area contributed by atoms with E-state index in [1.807, 2.05) is 32.6 Å². The Morgan fingerprint density at radius 1 is 0.967 bits per heavy atom. The fourth-order valence-corrected chi connectivity index (χ4v) is 3.54. The fourth-order valence-electron chi connectivity index (χ4n) is 3.54. The second-order valence-electron chi connectivity index (χ2n) is 8.87. The monoisotopic (exact) mass is 424 g/mol. The molecule has 2 amide bonds. The van der Waals surface area contributed by atoms with Gasteiger partial charge in [-0.2, -0.15) is 0 Å². The van der Waals surface area contributed by atoms with Gasteiger partial charge < -0.3 is 25.2 Å². The van der Waals surface area contributed by atoms with Gasteiger partial charge in [-0.05, 0) is 53.5 Å². The Bertz CT molecular complexity index is 576. The maximum atomic E-state index is 12.2. The smallest absolute Gasteiger partial charge is 0.410 e. The van der Waals surface area contributed by atoms with Gasteiger partial charge in [0.05, 0.1) is 0 Å². The summed E-state index contributed by atoms with van der Waals surface area (Å²) in [5, 5.41) is 6.52. The molecule has 0 aromatic heterocycles. The zero-order chi connectivity index (χ0) is 22.0. The molecule has 2 rings (SSSR count). The van der Waals surface area contributed by atoms with Crippen LogP contribution in [0.4, 0.5) is 4.79 Å². The van der Waals surface area contributed by atoms with Crippen molar-refractivity contribution in [3.8, 4) is 0 Å². The quantitative estimate of drug-likeness (QED) is 0.362. The van der Waals surface area contributed by atoms with Crippen molar-refractivity contribution in [2.24, 2.45) is 4.99 Å². The first kappa shape index (κ1) is 24.2. The lowest BCUT2D eigenvalue weighted by molar-refractivity contribution is -0.128. The van der Waals surface area contributed by atoms with Gasteiger partial charge in [0.25, 0.3) is 0 Å². The highest BCUT2D eigenvalue weighted by Crippen LogP contribution is 2.12. The molecular formula is C21H40N6O3. The van der Waals surface area contributed by atoms with Crippen molar-refractivity contribution in [3.63, 3.8) is 0 Å². The largest absolute Gasteiger partial charge is 0.444 e. The average Bonchev–Trinajstić information content (AvgIpc) is 3.23. The van der Waals surface area contributed by atoms with Gasteiger partial charge in [-0.15, -0.1) is 0 Å². The third-order valence-corrected chi connectivity index (χ3v) is 5.14. The second-order valence-corrected chi connectivity index (χ2v) is 8.87. The lowest BCUT2D eigenvalue weighted by atomic mass is 10.2. The van der Waals surface area contributed by atoms with Crippen molar-refractivity contribution < 1.29 is 14.3 Å². The molecule has 0 atom stereocenters. The van der Waals surface area contributed by atoms with E-state index >= 15 is 0 Å². The molecule has 0 spiro atoms. The Hall–Kier alpha value is -2.03. The molecule has 2 heterocycles. The molecular weight excluding hydrogens is 384 g/mol. The first-order valence-electron chi connectivity index (χ1n) is 11.3. The second kappa shape index (κ2) is 12.0. The predicted molar refractivity (Wildman–Crippen MR) is 119 cm³/mol. The molecule has 0 bridgehead atoms. The molecule has 0 aromatic rings. The van der Waals surface area contributed by atoms with E-state index in [-0.39, 0.29) is 18.5 Å². The Labute approximate surface area is 181 Å². The molecule has 0 aliphatic carbocycles. The molecule has 0 radical (unpaired) electrons. The number of nitrogens with one attached hydrogen (secondary N) is 2. The number of hydrogen-bond acceptors (Lipinski definition) is 5. The van der Waals surface area contributed by atoms with Crippen LogP contribution in [0.1, 0.15) is 47.0 Å². The van der Waals surface area contributed by atoms with Gasteiger partial charge in [0.1, 0.15) is 12.1 Å². The number of nitrogens with zero attached hydrogens (tertiary/aromatic N) is 4. The van der Waals surface area contributed by atoms with Crippen LogP contribution in [0.2, 0.25) is 0 Å². The maximum Gasteiger partial charge on any atom is 0.410 e. The van der Waals surface area contributed by atoms with Crippen LogP contribution in [0.15, 0.2) is 4.99 Å². The SMILES string of the molecule is CCNC(=NCC(=O)N1CCCC1)NCCCN1CCN(C(=O)OC(C)(C)C)CC1. The van der Waals surface area contributed by atoms with Crippen molar-refractivity contribution in [2.45, 2.75) is 52.6 Å². The first-order valence-corrected chi connectivity index (χ1v) is 11.3. The predicted octanol–water partition coefficient (Wildman–Crippen LogP) is 1.11. The summed E-state index contributed by atoms with van der Waals surface area (Å²) in [7, 11) is 0. The molecule has 9 nitrogen and oxygen atoms in total. The lowest BCUT2D eigenvalue weighted by Gasteiger charge is -2.35. The Morgan fingerprint density at radius 3 is 2.23 bits per heavy atom. The van der Waals surface area contributed by atoms with Gasteiger partial charge in [-0.3, -0.25) is 9.69 Å². The number of hydrogen-bond donors (Lipinski definition) is 2. The summed E-state index contributed by atoms with van der Waals surface area (Å²) in [4.78, 5) is 34.8. The highest BCUT2D eigenvalue weighted by molar-refractivity contribution is 5.85. The van der Waals surface area contributed by atoms with Crippen LogP contribution in [0.3, 0.4) is 0 Å². The van der Waals surface area contributed by atoms with Crippen molar-refractivity contribution in [1.82, 2.24) is 25.3 Å². The van der Waals surface area contributed by atoms with Crippen molar-refractivity contribution in [3.05, 3.63) is 0 Å². The number of likely N-dealkylation sites (tertiary alicyclic amines) is 1.